The van der Waals surface area contributed by atoms with E-state index in [0.717, 1.165) is 39.2 Å². The van der Waals surface area contributed by atoms with Crippen molar-refractivity contribution in [1.82, 2.24) is 14.4 Å². The molecule has 0 unspecified atom stereocenters. The molecule has 0 aliphatic carbocycles. The van der Waals surface area contributed by atoms with Gasteiger partial charge in [-0.2, -0.15) is 0 Å². The van der Waals surface area contributed by atoms with Crippen molar-refractivity contribution in [3.63, 3.8) is 0 Å². The molecule has 6 aromatic rings. The van der Waals surface area contributed by atoms with E-state index in [1.54, 1.807) is 0 Å². The van der Waals surface area contributed by atoms with E-state index >= 15 is 0 Å². The molecule has 0 bridgehead atoms. The Bertz CT molecular complexity index is 1500. The summed E-state index contributed by atoms with van der Waals surface area (Å²) in [4.78, 5) is 9.80. The Kier molecular flexibility index (Phi) is 4.10. The van der Waals surface area contributed by atoms with Gasteiger partial charge in [0.1, 0.15) is 11.5 Å². The number of benzene rings is 3. The number of hydrogen-bond acceptors (Lipinski definition) is 2. The fourth-order valence-corrected chi connectivity index (χ4v) is 4.14. The summed E-state index contributed by atoms with van der Waals surface area (Å²) in [5.41, 5.74) is 7.50. The van der Waals surface area contributed by atoms with E-state index in [4.69, 9.17) is 9.97 Å². The third-order valence-electron chi connectivity index (χ3n) is 5.66. The highest BCUT2D eigenvalue weighted by Gasteiger charge is 2.17. The minimum Gasteiger partial charge on any atom is -0.276 e. The molecule has 0 aliphatic rings. The van der Waals surface area contributed by atoms with Crippen molar-refractivity contribution in [2.24, 2.45) is 0 Å². The molecule has 3 nitrogen and oxygen atoms in total. The second-order valence-electron chi connectivity index (χ2n) is 7.56. The van der Waals surface area contributed by atoms with E-state index < -0.39 is 0 Å². The molecule has 0 fully saturated rings. The predicted molar refractivity (Wildman–Crippen MR) is 127 cm³/mol. The highest BCUT2D eigenvalue weighted by Crippen LogP contribution is 2.33. The summed E-state index contributed by atoms with van der Waals surface area (Å²) in [6.45, 7) is 0. The molecule has 0 spiro atoms. The Labute approximate surface area is 180 Å². The highest BCUT2D eigenvalue weighted by molar-refractivity contribution is 5.89. The van der Waals surface area contributed by atoms with Crippen LogP contribution in [0.4, 0.5) is 0 Å². The molecule has 0 atom stereocenters. The van der Waals surface area contributed by atoms with Crippen molar-refractivity contribution in [3.8, 4) is 33.8 Å². The van der Waals surface area contributed by atoms with Crippen LogP contribution in [0.3, 0.4) is 0 Å². The molecule has 146 valence electrons. The van der Waals surface area contributed by atoms with Gasteiger partial charge in [0.2, 0.25) is 0 Å². The first-order chi connectivity index (χ1) is 15.4. The number of imidazole rings is 1. The molecular weight excluding hydrogens is 378 g/mol. The van der Waals surface area contributed by atoms with Gasteiger partial charge < -0.3 is 0 Å². The molecule has 3 heterocycles. The number of pyridine rings is 2. The lowest BCUT2D eigenvalue weighted by Gasteiger charge is -2.07. The third-order valence-corrected chi connectivity index (χ3v) is 5.66. The van der Waals surface area contributed by atoms with E-state index in [0.29, 0.717) is 0 Å². The van der Waals surface area contributed by atoms with Crippen molar-refractivity contribution in [2.45, 2.75) is 0 Å². The average Bonchev–Trinajstić information content (AvgIpc) is 3.25. The maximum atomic E-state index is 5.11. The second-order valence-corrected chi connectivity index (χ2v) is 7.56. The SMILES string of the molecule is c1ccc(-c2ccc(-c3nc(-c4ccccc4)c4ccc5cccnc5n34)cc2)cc1. The standard InChI is InChI=1S/C28H19N3/c1-3-8-20(9-4-1)21-13-15-24(16-14-21)28-30-26(22-10-5-2-6-11-22)25-18-17-23-12-7-19-29-27(23)31(25)28/h1-19H. The van der Waals surface area contributed by atoms with E-state index in [2.05, 4.69) is 83.3 Å². The van der Waals surface area contributed by atoms with E-state index in [1.807, 2.05) is 36.5 Å². The predicted octanol–water partition coefficient (Wildman–Crippen LogP) is 6.88. The van der Waals surface area contributed by atoms with Crippen molar-refractivity contribution in [2.75, 3.05) is 0 Å². The zero-order chi connectivity index (χ0) is 20.6. The number of hydrogen-bond donors (Lipinski definition) is 0. The Balaban J connectivity index is 1.60. The third kappa shape index (κ3) is 2.99. The van der Waals surface area contributed by atoms with Crippen LogP contribution >= 0.6 is 0 Å². The topological polar surface area (TPSA) is 30.2 Å². The fourth-order valence-electron chi connectivity index (χ4n) is 4.14. The van der Waals surface area contributed by atoms with Gasteiger partial charge in [0, 0.05) is 22.7 Å². The van der Waals surface area contributed by atoms with E-state index in [9.17, 15) is 0 Å². The van der Waals surface area contributed by atoms with Gasteiger partial charge in [0.05, 0.1) is 11.2 Å². The first-order valence-corrected chi connectivity index (χ1v) is 10.4. The van der Waals surface area contributed by atoms with Crippen molar-refractivity contribution >= 4 is 16.6 Å². The van der Waals surface area contributed by atoms with Crippen LogP contribution < -0.4 is 0 Å². The molecule has 0 saturated carbocycles. The number of rotatable bonds is 3. The fraction of sp³-hybridized carbons (Fsp3) is 0. The molecular formula is C28H19N3. The zero-order valence-corrected chi connectivity index (χ0v) is 16.8. The van der Waals surface area contributed by atoms with Crippen molar-refractivity contribution < 1.29 is 0 Å². The number of fused-ring (bicyclic) bond motifs is 3. The van der Waals surface area contributed by atoms with Crippen LogP contribution in [0.1, 0.15) is 0 Å². The summed E-state index contributed by atoms with van der Waals surface area (Å²) in [7, 11) is 0. The number of aromatic nitrogens is 3. The molecule has 6 rings (SSSR count). The number of nitrogens with zero attached hydrogens (tertiary/aromatic N) is 3. The maximum Gasteiger partial charge on any atom is 0.146 e. The van der Waals surface area contributed by atoms with Crippen LogP contribution in [0.2, 0.25) is 0 Å². The summed E-state index contributed by atoms with van der Waals surface area (Å²) in [6, 6.07) is 37.7. The summed E-state index contributed by atoms with van der Waals surface area (Å²) < 4.78 is 2.18. The molecule has 3 aromatic heterocycles. The second kappa shape index (κ2) is 7.22. The van der Waals surface area contributed by atoms with E-state index in [-0.39, 0.29) is 0 Å². The van der Waals surface area contributed by atoms with Crippen LogP contribution in [0, 0.1) is 0 Å². The summed E-state index contributed by atoms with van der Waals surface area (Å²) in [5.74, 6) is 0.901. The van der Waals surface area contributed by atoms with Crippen molar-refractivity contribution in [3.05, 3.63) is 115 Å². The summed E-state index contributed by atoms with van der Waals surface area (Å²) >= 11 is 0. The summed E-state index contributed by atoms with van der Waals surface area (Å²) in [6.07, 6.45) is 1.84. The quantitative estimate of drug-likeness (QED) is 0.326. The molecule has 0 radical (unpaired) electrons. The molecule has 0 saturated heterocycles. The van der Waals surface area contributed by atoms with Gasteiger partial charge in [0.15, 0.2) is 0 Å². The molecule has 0 amide bonds. The van der Waals surface area contributed by atoms with Crippen LogP contribution in [-0.4, -0.2) is 14.4 Å². The van der Waals surface area contributed by atoms with Crippen LogP contribution in [0.25, 0.3) is 50.3 Å². The highest BCUT2D eigenvalue weighted by atomic mass is 15.1. The lowest BCUT2D eigenvalue weighted by molar-refractivity contribution is 1.17. The minimum absolute atomic E-state index is 0.901. The minimum atomic E-state index is 0.901. The first-order valence-electron chi connectivity index (χ1n) is 10.4. The van der Waals surface area contributed by atoms with Gasteiger partial charge in [-0.15, -0.1) is 0 Å². The maximum absolute atomic E-state index is 5.11. The van der Waals surface area contributed by atoms with Gasteiger partial charge in [-0.25, -0.2) is 9.97 Å². The van der Waals surface area contributed by atoms with Gasteiger partial charge in [0.25, 0.3) is 0 Å². The van der Waals surface area contributed by atoms with Gasteiger partial charge in [-0.3, -0.25) is 4.40 Å². The largest absolute Gasteiger partial charge is 0.276 e. The molecule has 31 heavy (non-hydrogen) atoms. The Morgan fingerprint density at radius 1 is 0.516 bits per heavy atom. The Hall–Kier alpha value is -4.24. The van der Waals surface area contributed by atoms with Crippen LogP contribution in [0.15, 0.2) is 115 Å². The van der Waals surface area contributed by atoms with Gasteiger partial charge in [-0.1, -0.05) is 84.9 Å². The first kappa shape index (κ1) is 17.6. The Morgan fingerprint density at radius 3 is 1.90 bits per heavy atom. The van der Waals surface area contributed by atoms with E-state index in [1.165, 1.54) is 11.1 Å². The molecule has 0 N–H and O–H groups in total. The van der Waals surface area contributed by atoms with Crippen LogP contribution in [-0.2, 0) is 0 Å². The molecule has 0 aliphatic heterocycles. The van der Waals surface area contributed by atoms with Gasteiger partial charge >= 0.3 is 0 Å². The lowest BCUT2D eigenvalue weighted by Crippen LogP contribution is -1.94. The zero-order valence-electron chi connectivity index (χ0n) is 16.8. The average molecular weight is 397 g/mol. The summed E-state index contributed by atoms with van der Waals surface area (Å²) in [5, 5.41) is 1.09. The molecule has 3 aromatic carbocycles. The van der Waals surface area contributed by atoms with Crippen molar-refractivity contribution in [1.29, 1.82) is 0 Å². The smallest absolute Gasteiger partial charge is 0.146 e. The van der Waals surface area contributed by atoms with Crippen LogP contribution in [0.5, 0.6) is 0 Å². The molecule has 3 heteroatoms. The normalized spacial score (nSPS) is 11.2. The Morgan fingerprint density at radius 2 is 1.16 bits per heavy atom. The van der Waals surface area contributed by atoms with Gasteiger partial charge in [-0.05, 0) is 35.4 Å². The monoisotopic (exact) mass is 397 g/mol. The lowest BCUT2D eigenvalue weighted by atomic mass is 10.0.